The Morgan fingerprint density at radius 3 is 2.54 bits per heavy atom. The van der Waals surface area contributed by atoms with Gasteiger partial charge in [0.2, 0.25) is 0 Å². The van der Waals surface area contributed by atoms with E-state index in [9.17, 15) is 4.79 Å². The van der Waals surface area contributed by atoms with Crippen LogP contribution < -0.4 is 0 Å². The van der Waals surface area contributed by atoms with Crippen LogP contribution in [0.15, 0.2) is 0 Å². The molecule has 3 nitrogen and oxygen atoms in total. The van der Waals surface area contributed by atoms with Gasteiger partial charge in [0.05, 0.1) is 6.61 Å². The van der Waals surface area contributed by atoms with Crippen molar-refractivity contribution in [2.45, 2.75) is 31.9 Å². The van der Waals surface area contributed by atoms with Crippen molar-refractivity contribution in [1.82, 2.24) is 4.31 Å². The van der Waals surface area contributed by atoms with Gasteiger partial charge in [-0.15, -0.1) is 0 Å². The monoisotopic (exact) mass is 203 g/mol. The van der Waals surface area contributed by atoms with Gasteiger partial charge < -0.3 is 4.74 Å². The summed E-state index contributed by atoms with van der Waals surface area (Å²) in [5.74, 6) is -0.119. The summed E-state index contributed by atoms with van der Waals surface area (Å²) in [6.07, 6.45) is 1.24. The molecule has 1 fully saturated rings. The van der Waals surface area contributed by atoms with E-state index in [1.54, 1.807) is 11.9 Å². The van der Waals surface area contributed by atoms with E-state index in [-0.39, 0.29) is 5.97 Å². The van der Waals surface area contributed by atoms with Gasteiger partial charge in [-0.2, -0.15) is 0 Å². The third-order valence-corrected chi connectivity index (χ3v) is 3.19. The Balaban J connectivity index is 2.38. The van der Waals surface area contributed by atoms with Crippen molar-refractivity contribution in [3.63, 3.8) is 0 Å². The first-order valence-corrected chi connectivity index (χ1v) is 5.45. The molecule has 0 bridgehead atoms. The van der Waals surface area contributed by atoms with E-state index in [0.29, 0.717) is 6.61 Å². The first kappa shape index (κ1) is 10.9. The quantitative estimate of drug-likeness (QED) is 0.513. The fraction of sp³-hybridized carbons (Fsp3) is 0.889. The highest BCUT2D eigenvalue weighted by Gasteiger charge is 2.34. The first-order chi connectivity index (χ1) is 6.06. The van der Waals surface area contributed by atoms with E-state index in [1.807, 2.05) is 20.8 Å². The van der Waals surface area contributed by atoms with Crippen molar-refractivity contribution in [1.29, 1.82) is 0 Å². The molecule has 0 N–H and O–H groups in total. The van der Waals surface area contributed by atoms with Gasteiger partial charge in [-0.3, -0.25) is 4.79 Å². The lowest BCUT2D eigenvalue weighted by molar-refractivity contribution is -0.145. The summed E-state index contributed by atoms with van der Waals surface area (Å²) in [4.78, 5) is 11.5. The molecule has 0 spiro atoms. The van der Waals surface area contributed by atoms with Crippen LogP contribution >= 0.6 is 11.9 Å². The molecule has 0 aromatic carbocycles. The Bertz CT molecular complexity index is 190. The summed E-state index contributed by atoms with van der Waals surface area (Å²) in [5.41, 5.74) is 0. The van der Waals surface area contributed by atoms with E-state index in [4.69, 9.17) is 4.74 Å². The summed E-state index contributed by atoms with van der Waals surface area (Å²) >= 11 is 1.60. The molecular weight excluding hydrogens is 186 g/mol. The average molecular weight is 203 g/mol. The van der Waals surface area contributed by atoms with Crippen LogP contribution in [-0.2, 0) is 9.53 Å². The Hall–Kier alpha value is -0.220. The normalized spacial score (nSPS) is 18.1. The SMILES string of the molecule is CCOC(=O)C(C)(C)SN1CCC1. The molecular formula is C9H17NO2S. The van der Waals surface area contributed by atoms with E-state index < -0.39 is 4.75 Å². The van der Waals surface area contributed by atoms with Crippen molar-refractivity contribution in [2.75, 3.05) is 19.7 Å². The molecule has 13 heavy (non-hydrogen) atoms. The number of ether oxygens (including phenoxy) is 1. The Kier molecular flexibility index (Phi) is 3.62. The van der Waals surface area contributed by atoms with Gasteiger partial charge in [0.25, 0.3) is 0 Å². The van der Waals surface area contributed by atoms with Crippen LogP contribution in [0.2, 0.25) is 0 Å². The van der Waals surface area contributed by atoms with Gasteiger partial charge in [0, 0.05) is 13.1 Å². The topological polar surface area (TPSA) is 29.5 Å². The number of carbonyl (C=O) groups excluding carboxylic acids is 1. The number of esters is 1. The number of rotatable bonds is 4. The summed E-state index contributed by atoms with van der Waals surface area (Å²) in [7, 11) is 0. The fourth-order valence-corrected chi connectivity index (χ4v) is 2.26. The zero-order valence-corrected chi connectivity index (χ0v) is 9.32. The highest BCUT2D eigenvalue weighted by atomic mass is 32.2. The van der Waals surface area contributed by atoms with Crippen LogP contribution in [0.1, 0.15) is 27.2 Å². The Morgan fingerprint density at radius 2 is 2.15 bits per heavy atom. The lowest BCUT2D eigenvalue weighted by atomic mass is 10.2. The second-order valence-corrected chi connectivity index (χ2v) is 5.32. The minimum Gasteiger partial charge on any atom is -0.465 e. The fourth-order valence-electron chi connectivity index (χ4n) is 1.04. The molecule has 0 unspecified atom stereocenters. The second kappa shape index (κ2) is 4.33. The van der Waals surface area contributed by atoms with Crippen LogP contribution in [0.3, 0.4) is 0 Å². The molecule has 0 aromatic heterocycles. The first-order valence-electron chi connectivity index (χ1n) is 4.67. The van der Waals surface area contributed by atoms with Crippen LogP contribution in [0.25, 0.3) is 0 Å². The number of hydrogen-bond donors (Lipinski definition) is 0. The molecule has 0 aliphatic carbocycles. The maximum atomic E-state index is 11.5. The standard InChI is InChI=1S/C9H17NO2S/c1-4-12-8(11)9(2,3)13-10-6-5-7-10/h4-7H2,1-3H3. The molecule has 1 aliphatic heterocycles. The van der Waals surface area contributed by atoms with E-state index >= 15 is 0 Å². The Labute approximate surface area is 83.9 Å². The molecule has 0 aromatic rings. The predicted molar refractivity (Wildman–Crippen MR) is 54.5 cm³/mol. The average Bonchev–Trinajstić information content (AvgIpc) is 1.98. The van der Waals surface area contributed by atoms with Crippen LogP contribution in [-0.4, -0.2) is 34.7 Å². The molecule has 1 aliphatic rings. The molecule has 4 heteroatoms. The Morgan fingerprint density at radius 1 is 1.54 bits per heavy atom. The molecule has 1 heterocycles. The van der Waals surface area contributed by atoms with Gasteiger partial charge in [-0.25, -0.2) is 4.31 Å². The largest absolute Gasteiger partial charge is 0.465 e. The van der Waals surface area contributed by atoms with E-state index in [2.05, 4.69) is 4.31 Å². The summed E-state index contributed by atoms with van der Waals surface area (Å²) in [5, 5.41) is 0. The molecule has 0 saturated carbocycles. The van der Waals surface area contributed by atoms with Gasteiger partial charge in [-0.05, 0) is 27.2 Å². The van der Waals surface area contributed by atoms with Crippen LogP contribution in [0.5, 0.6) is 0 Å². The minimum atomic E-state index is -0.434. The van der Waals surface area contributed by atoms with Crippen molar-refractivity contribution in [2.24, 2.45) is 0 Å². The minimum absolute atomic E-state index is 0.119. The zero-order chi connectivity index (χ0) is 9.90. The third kappa shape index (κ3) is 2.88. The van der Waals surface area contributed by atoms with Gasteiger partial charge in [-0.1, -0.05) is 11.9 Å². The highest BCUT2D eigenvalue weighted by Crippen LogP contribution is 2.32. The summed E-state index contributed by atoms with van der Waals surface area (Å²) < 4.78 is 6.76. The summed E-state index contributed by atoms with van der Waals surface area (Å²) in [6.45, 7) is 8.30. The zero-order valence-electron chi connectivity index (χ0n) is 8.50. The third-order valence-electron chi connectivity index (χ3n) is 1.94. The van der Waals surface area contributed by atoms with Crippen molar-refractivity contribution in [3.8, 4) is 0 Å². The number of carbonyl (C=O) groups is 1. The van der Waals surface area contributed by atoms with Gasteiger partial charge >= 0.3 is 5.97 Å². The van der Waals surface area contributed by atoms with Crippen LogP contribution in [0.4, 0.5) is 0 Å². The molecule has 0 atom stereocenters. The van der Waals surface area contributed by atoms with Crippen LogP contribution in [0, 0.1) is 0 Å². The lowest BCUT2D eigenvalue weighted by Crippen LogP contribution is -2.40. The molecule has 1 saturated heterocycles. The smallest absolute Gasteiger partial charge is 0.322 e. The molecule has 0 radical (unpaired) electrons. The van der Waals surface area contributed by atoms with E-state index in [0.717, 1.165) is 13.1 Å². The van der Waals surface area contributed by atoms with Crippen molar-refractivity contribution < 1.29 is 9.53 Å². The number of hydrogen-bond acceptors (Lipinski definition) is 4. The molecule has 0 amide bonds. The number of nitrogens with zero attached hydrogens (tertiary/aromatic N) is 1. The van der Waals surface area contributed by atoms with Crippen molar-refractivity contribution >= 4 is 17.9 Å². The lowest BCUT2D eigenvalue weighted by Gasteiger charge is -2.35. The van der Waals surface area contributed by atoms with E-state index in [1.165, 1.54) is 6.42 Å². The highest BCUT2D eigenvalue weighted by molar-refractivity contribution is 7.99. The van der Waals surface area contributed by atoms with Gasteiger partial charge in [0.15, 0.2) is 0 Å². The predicted octanol–water partition coefficient (Wildman–Crippen LogP) is 1.68. The maximum absolute atomic E-state index is 11.5. The summed E-state index contributed by atoms with van der Waals surface area (Å²) in [6, 6.07) is 0. The van der Waals surface area contributed by atoms with Gasteiger partial charge in [0.1, 0.15) is 4.75 Å². The molecule has 1 rings (SSSR count). The maximum Gasteiger partial charge on any atom is 0.322 e. The second-order valence-electron chi connectivity index (χ2n) is 3.60. The molecule has 76 valence electrons. The van der Waals surface area contributed by atoms with Crippen molar-refractivity contribution in [3.05, 3.63) is 0 Å².